The van der Waals surface area contributed by atoms with Gasteiger partial charge in [-0.25, -0.2) is 9.78 Å². The highest BCUT2D eigenvalue weighted by Gasteiger charge is 2.16. The number of aromatic carboxylic acids is 1. The average molecular weight is 316 g/mol. The molecule has 6 nitrogen and oxygen atoms in total. The third-order valence-corrected chi connectivity index (χ3v) is 4.15. The number of aromatic nitrogens is 2. The molecule has 3 rings (SSSR count). The third kappa shape index (κ3) is 2.46. The summed E-state index contributed by atoms with van der Waals surface area (Å²) in [4.78, 5) is 30.7. The van der Waals surface area contributed by atoms with Crippen LogP contribution in [0.1, 0.15) is 21.7 Å². The monoisotopic (exact) mass is 316 g/mol. The summed E-state index contributed by atoms with van der Waals surface area (Å²) in [6.45, 7) is 0. The topological polar surface area (TPSA) is 92.3 Å². The Morgan fingerprint density at radius 3 is 2.91 bits per heavy atom. The molecule has 0 spiro atoms. The molecule has 2 heterocycles. The van der Waals surface area contributed by atoms with Crippen LogP contribution in [0.5, 0.6) is 5.75 Å². The number of nitrogens with zero attached hydrogens (tertiary/aromatic N) is 1. The summed E-state index contributed by atoms with van der Waals surface area (Å²) in [6, 6.07) is 7.46. The molecule has 112 valence electrons. The number of carboxylic acid groups (broad SMARTS) is 1. The fourth-order valence-electron chi connectivity index (χ4n) is 2.26. The minimum absolute atomic E-state index is 0.0161. The summed E-state index contributed by atoms with van der Waals surface area (Å²) in [5.41, 5.74) is 0.439. The summed E-state index contributed by atoms with van der Waals surface area (Å²) in [5.74, 6) is 0.0551. The number of carboxylic acids is 1. The zero-order valence-electron chi connectivity index (χ0n) is 11.6. The van der Waals surface area contributed by atoms with Gasteiger partial charge in [-0.1, -0.05) is 18.2 Å². The first-order chi connectivity index (χ1) is 10.6. The number of carbonyl (C=O) groups is 1. The third-order valence-electron chi connectivity index (χ3n) is 3.27. The number of para-hydroxylation sites is 1. The van der Waals surface area contributed by atoms with E-state index in [1.54, 1.807) is 7.11 Å². The second-order valence-electron chi connectivity index (χ2n) is 4.64. The molecule has 0 bridgehead atoms. The van der Waals surface area contributed by atoms with Crippen LogP contribution in [0.15, 0.2) is 34.4 Å². The number of hydrogen-bond acceptors (Lipinski definition) is 5. The lowest BCUT2D eigenvalue weighted by Gasteiger charge is -2.07. The van der Waals surface area contributed by atoms with Gasteiger partial charge in [0.2, 0.25) is 0 Å². The van der Waals surface area contributed by atoms with E-state index in [9.17, 15) is 9.59 Å². The van der Waals surface area contributed by atoms with Crippen molar-refractivity contribution in [3.8, 4) is 5.75 Å². The maximum absolute atomic E-state index is 12.1. The highest BCUT2D eigenvalue weighted by molar-refractivity contribution is 7.17. The Balaban J connectivity index is 2.06. The number of ether oxygens (including phenoxy) is 1. The molecule has 22 heavy (non-hydrogen) atoms. The zero-order chi connectivity index (χ0) is 15.7. The number of methoxy groups -OCH3 is 1. The Morgan fingerprint density at radius 2 is 2.18 bits per heavy atom. The lowest BCUT2D eigenvalue weighted by atomic mass is 10.1. The summed E-state index contributed by atoms with van der Waals surface area (Å²) < 4.78 is 5.28. The van der Waals surface area contributed by atoms with Crippen molar-refractivity contribution in [1.82, 2.24) is 9.97 Å². The number of aromatic amines is 1. The number of thiophene rings is 1. The van der Waals surface area contributed by atoms with E-state index in [0.717, 1.165) is 16.9 Å². The Bertz CT molecular complexity index is 913. The lowest BCUT2D eigenvalue weighted by Crippen LogP contribution is -2.13. The molecule has 0 aliphatic carbocycles. The van der Waals surface area contributed by atoms with Crippen LogP contribution in [0.4, 0.5) is 0 Å². The molecular formula is C15H12N2O4S. The molecule has 0 saturated heterocycles. The van der Waals surface area contributed by atoms with E-state index in [4.69, 9.17) is 9.84 Å². The normalized spacial score (nSPS) is 10.8. The van der Waals surface area contributed by atoms with Crippen LogP contribution in [0.2, 0.25) is 0 Å². The number of rotatable bonds is 4. The quantitative estimate of drug-likeness (QED) is 0.770. The molecule has 7 heteroatoms. The van der Waals surface area contributed by atoms with Crippen molar-refractivity contribution >= 4 is 27.5 Å². The van der Waals surface area contributed by atoms with E-state index < -0.39 is 11.5 Å². The van der Waals surface area contributed by atoms with Crippen LogP contribution in [0.3, 0.4) is 0 Å². The smallest absolute Gasteiger partial charge is 0.337 e. The van der Waals surface area contributed by atoms with Gasteiger partial charge in [-0.3, -0.25) is 4.79 Å². The van der Waals surface area contributed by atoms with Crippen molar-refractivity contribution in [2.24, 2.45) is 0 Å². The van der Waals surface area contributed by atoms with Gasteiger partial charge in [0.1, 0.15) is 16.4 Å². The Kier molecular flexibility index (Phi) is 3.64. The highest BCUT2D eigenvalue weighted by Crippen LogP contribution is 2.23. The van der Waals surface area contributed by atoms with Gasteiger partial charge in [0.25, 0.3) is 5.56 Å². The summed E-state index contributed by atoms with van der Waals surface area (Å²) in [7, 11) is 1.58. The van der Waals surface area contributed by atoms with Crippen LogP contribution in [0, 0.1) is 0 Å². The molecule has 0 aliphatic rings. The van der Waals surface area contributed by atoms with Crippen molar-refractivity contribution in [3.05, 3.63) is 57.0 Å². The number of hydrogen-bond donors (Lipinski definition) is 2. The van der Waals surface area contributed by atoms with Gasteiger partial charge >= 0.3 is 5.97 Å². The predicted octanol–water partition coefficient (Wildman–Crippen LogP) is 2.28. The molecule has 0 atom stereocenters. The van der Waals surface area contributed by atoms with Gasteiger partial charge in [0.05, 0.1) is 18.1 Å². The number of benzene rings is 1. The fourth-order valence-corrected chi connectivity index (χ4v) is 3.20. The van der Waals surface area contributed by atoms with Gasteiger partial charge in [-0.15, -0.1) is 11.3 Å². The summed E-state index contributed by atoms with van der Waals surface area (Å²) in [6.07, 6.45) is 0.398. The number of fused-ring (bicyclic) bond motifs is 1. The second kappa shape index (κ2) is 5.61. The average Bonchev–Trinajstić information content (AvgIpc) is 2.92. The Hall–Kier alpha value is -2.67. The second-order valence-corrected chi connectivity index (χ2v) is 5.49. The van der Waals surface area contributed by atoms with E-state index in [-0.39, 0.29) is 10.9 Å². The van der Waals surface area contributed by atoms with Gasteiger partial charge in [-0.05, 0) is 6.07 Å². The van der Waals surface area contributed by atoms with Gasteiger partial charge in [0, 0.05) is 17.4 Å². The van der Waals surface area contributed by atoms with E-state index in [2.05, 4.69) is 9.97 Å². The zero-order valence-corrected chi connectivity index (χ0v) is 12.4. The van der Waals surface area contributed by atoms with Gasteiger partial charge in [-0.2, -0.15) is 0 Å². The van der Waals surface area contributed by atoms with E-state index >= 15 is 0 Å². The van der Waals surface area contributed by atoms with Crippen LogP contribution < -0.4 is 10.3 Å². The van der Waals surface area contributed by atoms with Crippen LogP contribution in [0.25, 0.3) is 10.2 Å². The van der Waals surface area contributed by atoms with Crippen molar-refractivity contribution in [3.63, 3.8) is 0 Å². The van der Waals surface area contributed by atoms with Crippen LogP contribution in [-0.4, -0.2) is 28.2 Å². The van der Waals surface area contributed by atoms with Gasteiger partial charge in [0.15, 0.2) is 0 Å². The summed E-state index contributed by atoms with van der Waals surface area (Å²) >= 11 is 1.15. The van der Waals surface area contributed by atoms with Crippen molar-refractivity contribution < 1.29 is 14.6 Å². The van der Waals surface area contributed by atoms with E-state index in [1.165, 1.54) is 5.38 Å². The van der Waals surface area contributed by atoms with Crippen LogP contribution >= 0.6 is 11.3 Å². The Labute approximate surface area is 129 Å². The largest absolute Gasteiger partial charge is 0.496 e. The predicted molar refractivity (Wildman–Crippen MR) is 83.0 cm³/mol. The number of nitrogens with one attached hydrogen (secondary N) is 1. The minimum Gasteiger partial charge on any atom is -0.496 e. The minimum atomic E-state index is -1.13. The Morgan fingerprint density at radius 1 is 1.41 bits per heavy atom. The van der Waals surface area contributed by atoms with Crippen LogP contribution in [-0.2, 0) is 6.42 Å². The molecule has 0 radical (unpaired) electrons. The lowest BCUT2D eigenvalue weighted by molar-refractivity contribution is 0.0699. The molecule has 3 aromatic rings. The molecular weight excluding hydrogens is 304 g/mol. The first-order valence-corrected chi connectivity index (χ1v) is 7.33. The van der Waals surface area contributed by atoms with E-state index in [1.807, 2.05) is 24.3 Å². The molecule has 0 fully saturated rings. The first-order valence-electron chi connectivity index (χ1n) is 6.45. The molecule has 0 saturated carbocycles. The first kappa shape index (κ1) is 14.3. The van der Waals surface area contributed by atoms with Gasteiger partial charge < -0.3 is 14.8 Å². The standard InChI is InChI=1S/C15H12N2O4S/c1-21-10-5-3-2-4-8(10)6-11-16-13(18)12-9(15(19)20)7-22-14(12)17-11/h2-5,7H,6H2,1H3,(H,19,20)(H,16,17,18). The molecule has 0 unspecified atom stereocenters. The van der Waals surface area contributed by atoms with Crippen molar-refractivity contribution in [2.45, 2.75) is 6.42 Å². The SMILES string of the molecule is COc1ccccc1Cc1nc2scc(C(=O)O)c2c(=O)[nH]1. The fraction of sp³-hybridized carbons (Fsp3) is 0.133. The highest BCUT2D eigenvalue weighted by atomic mass is 32.1. The summed E-state index contributed by atoms with van der Waals surface area (Å²) in [5, 5.41) is 10.6. The van der Waals surface area contributed by atoms with E-state index in [0.29, 0.717) is 22.8 Å². The molecule has 0 aliphatic heterocycles. The maximum Gasteiger partial charge on any atom is 0.337 e. The number of H-pyrrole nitrogens is 1. The maximum atomic E-state index is 12.1. The van der Waals surface area contributed by atoms with Crippen molar-refractivity contribution in [1.29, 1.82) is 0 Å². The molecule has 2 N–H and O–H groups in total. The molecule has 1 aromatic carbocycles. The molecule has 2 aromatic heterocycles. The van der Waals surface area contributed by atoms with Crippen molar-refractivity contribution in [2.75, 3.05) is 7.11 Å². The molecule has 0 amide bonds.